The van der Waals surface area contributed by atoms with Crippen LogP contribution in [0.25, 0.3) is 0 Å². The van der Waals surface area contributed by atoms with Gasteiger partial charge in [0, 0.05) is 13.6 Å². The summed E-state index contributed by atoms with van der Waals surface area (Å²) in [6.07, 6.45) is 0. The predicted molar refractivity (Wildman–Crippen MR) is 61.0 cm³/mol. The van der Waals surface area contributed by atoms with Gasteiger partial charge in [0.1, 0.15) is 0 Å². The van der Waals surface area contributed by atoms with Crippen LogP contribution in [0.4, 0.5) is 0 Å². The van der Waals surface area contributed by atoms with Crippen LogP contribution in [-0.4, -0.2) is 19.8 Å². The summed E-state index contributed by atoms with van der Waals surface area (Å²) in [7, 11) is -2.28. The number of hydrogen-bond donors (Lipinski definition) is 1. The van der Waals surface area contributed by atoms with E-state index in [-0.39, 0.29) is 6.54 Å². The molecule has 0 aliphatic carbocycles. The molecular formula is C8H10Cl2N2O2S. The topological polar surface area (TPSA) is 63.4 Å². The molecule has 7 heteroatoms. The van der Waals surface area contributed by atoms with Crippen molar-refractivity contribution in [1.29, 1.82) is 0 Å². The summed E-state index contributed by atoms with van der Waals surface area (Å²) in [5, 5.41) is 5.75. The van der Waals surface area contributed by atoms with E-state index in [1.807, 2.05) is 0 Å². The molecule has 15 heavy (non-hydrogen) atoms. The summed E-state index contributed by atoms with van der Waals surface area (Å²) in [4.78, 5) is 0. The summed E-state index contributed by atoms with van der Waals surface area (Å²) in [5.74, 6) is 0. The Kier molecular flexibility index (Phi) is 3.97. The number of hydrogen-bond acceptors (Lipinski definition) is 2. The summed E-state index contributed by atoms with van der Waals surface area (Å²) >= 11 is 11.5. The van der Waals surface area contributed by atoms with Crippen molar-refractivity contribution in [3.63, 3.8) is 0 Å². The Morgan fingerprint density at radius 2 is 1.93 bits per heavy atom. The first kappa shape index (κ1) is 12.7. The molecule has 0 bridgehead atoms. The molecule has 0 heterocycles. The molecule has 0 spiro atoms. The van der Waals surface area contributed by atoms with E-state index in [1.54, 1.807) is 18.2 Å². The highest BCUT2D eigenvalue weighted by molar-refractivity contribution is 7.86. The molecule has 1 aromatic rings. The van der Waals surface area contributed by atoms with Crippen molar-refractivity contribution in [2.75, 3.05) is 7.05 Å². The number of nitrogens with two attached hydrogens (primary N) is 1. The summed E-state index contributed by atoms with van der Waals surface area (Å²) in [6, 6.07) is 4.90. The number of nitrogens with zero attached hydrogens (tertiary/aromatic N) is 1. The normalized spacial score (nSPS) is 12.1. The molecule has 0 aromatic heterocycles. The van der Waals surface area contributed by atoms with Crippen molar-refractivity contribution in [2.45, 2.75) is 6.54 Å². The van der Waals surface area contributed by atoms with Crippen molar-refractivity contribution in [3.8, 4) is 0 Å². The van der Waals surface area contributed by atoms with Gasteiger partial charge < -0.3 is 0 Å². The fourth-order valence-corrected chi connectivity index (χ4v) is 1.63. The van der Waals surface area contributed by atoms with Gasteiger partial charge in [-0.15, -0.1) is 0 Å². The van der Waals surface area contributed by atoms with Gasteiger partial charge in [0.15, 0.2) is 0 Å². The van der Waals surface area contributed by atoms with E-state index in [9.17, 15) is 8.42 Å². The van der Waals surface area contributed by atoms with E-state index in [1.165, 1.54) is 7.05 Å². The second-order valence-corrected chi connectivity index (χ2v) is 5.52. The lowest BCUT2D eigenvalue weighted by Crippen LogP contribution is -2.32. The second-order valence-electron chi connectivity index (χ2n) is 3.05. The summed E-state index contributed by atoms with van der Waals surface area (Å²) in [5.41, 5.74) is 0.723. The van der Waals surface area contributed by atoms with Crippen LogP contribution >= 0.6 is 23.2 Å². The first-order valence-corrected chi connectivity index (χ1v) is 6.24. The van der Waals surface area contributed by atoms with Crippen molar-refractivity contribution < 1.29 is 8.42 Å². The summed E-state index contributed by atoms with van der Waals surface area (Å²) < 4.78 is 22.9. The maximum absolute atomic E-state index is 10.9. The monoisotopic (exact) mass is 268 g/mol. The average molecular weight is 269 g/mol. The molecule has 0 aliphatic rings. The van der Waals surface area contributed by atoms with Gasteiger partial charge in [-0.05, 0) is 17.7 Å². The van der Waals surface area contributed by atoms with E-state index in [4.69, 9.17) is 28.3 Å². The van der Waals surface area contributed by atoms with Crippen LogP contribution in [0.2, 0.25) is 10.0 Å². The molecule has 2 N–H and O–H groups in total. The molecule has 0 fully saturated rings. The lowest BCUT2D eigenvalue weighted by Gasteiger charge is -2.13. The Bertz CT molecular complexity index is 462. The zero-order valence-corrected chi connectivity index (χ0v) is 10.3. The highest BCUT2D eigenvalue weighted by atomic mass is 35.5. The van der Waals surface area contributed by atoms with Gasteiger partial charge in [-0.3, -0.25) is 0 Å². The first-order valence-electron chi connectivity index (χ1n) is 3.98. The lowest BCUT2D eigenvalue weighted by atomic mass is 10.2. The van der Waals surface area contributed by atoms with Gasteiger partial charge >= 0.3 is 0 Å². The zero-order valence-electron chi connectivity index (χ0n) is 7.94. The molecule has 0 saturated carbocycles. The highest BCUT2D eigenvalue weighted by Gasteiger charge is 2.12. The Morgan fingerprint density at radius 3 is 2.40 bits per heavy atom. The van der Waals surface area contributed by atoms with E-state index in [0.29, 0.717) is 10.0 Å². The molecule has 1 rings (SSSR count). The van der Waals surface area contributed by atoms with E-state index in [2.05, 4.69) is 0 Å². The van der Waals surface area contributed by atoms with Crippen molar-refractivity contribution >= 4 is 33.4 Å². The SMILES string of the molecule is CN(Cc1ccc(Cl)c(Cl)c1)S(N)(=O)=O. The van der Waals surface area contributed by atoms with Gasteiger partial charge in [0.05, 0.1) is 10.0 Å². The third-order valence-corrected chi connectivity index (χ3v) is 3.56. The Balaban J connectivity index is 2.87. The first-order chi connectivity index (χ1) is 6.80. The molecular weight excluding hydrogens is 259 g/mol. The van der Waals surface area contributed by atoms with Crippen LogP contribution < -0.4 is 5.14 Å². The molecule has 0 aliphatic heterocycles. The smallest absolute Gasteiger partial charge is 0.216 e. The predicted octanol–water partition coefficient (Wildman–Crippen LogP) is 1.63. The maximum Gasteiger partial charge on any atom is 0.276 e. The van der Waals surface area contributed by atoms with Gasteiger partial charge in [-0.25, -0.2) is 5.14 Å². The number of rotatable bonds is 3. The molecule has 0 amide bonds. The Labute approximate surface area is 98.8 Å². The van der Waals surface area contributed by atoms with Crippen LogP contribution in [0, 0.1) is 0 Å². The maximum atomic E-state index is 10.9. The highest BCUT2D eigenvalue weighted by Crippen LogP contribution is 2.23. The van der Waals surface area contributed by atoms with Crippen LogP contribution in [0.5, 0.6) is 0 Å². The minimum atomic E-state index is -3.67. The summed E-state index contributed by atoms with van der Waals surface area (Å²) in [6.45, 7) is 0.162. The van der Waals surface area contributed by atoms with Crippen molar-refractivity contribution in [2.24, 2.45) is 5.14 Å². The van der Waals surface area contributed by atoms with Crippen molar-refractivity contribution in [1.82, 2.24) is 4.31 Å². The average Bonchev–Trinajstić information content (AvgIpc) is 2.10. The standard InChI is InChI=1S/C8H10Cl2N2O2S/c1-12(15(11,13)14)5-6-2-3-7(9)8(10)4-6/h2-4H,5H2,1H3,(H2,11,13,14). The minimum absolute atomic E-state index is 0.162. The molecule has 84 valence electrons. The molecule has 0 atom stereocenters. The lowest BCUT2D eigenvalue weighted by molar-refractivity contribution is 0.468. The van der Waals surface area contributed by atoms with Crippen molar-refractivity contribution in [3.05, 3.63) is 33.8 Å². The molecule has 0 unspecified atom stereocenters. The van der Waals surface area contributed by atoms with Gasteiger partial charge in [0.2, 0.25) is 0 Å². The molecule has 0 saturated heterocycles. The molecule has 1 aromatic carbocycles. The van der Waals surface area contributed by atoms with E-state index in [0.717, 1.165) is 9.87 Å². The van der Waals surface area contributed by atoms with E-state index >= 15 is 0 Å². The molecule has 4 nitrogen and oxygen atoms in total. The third kappa shape index (κ3) is 3.62. The van der Waals surface area contributed by atoms with Gasteiger partial charge in [-0.2, -0.15) is 12.7 Å². The number of halogens is 2. The quantitative estimate of drug-likeness (QED) is 0.906. The Morgan fingerprint density at radius 1 is 1.33 bits per heavy atom. The van der Waals surface area contributed by atoms with Crippen LogP contribution in [0.1, 0.15) is 5.56 Å². The van der Waals surface area contributed by atoms with Gasteiger partial charge in [-0.1, -0.05) is 29.3 Å². The van der Waals surface area contributed by atoms with Crippen LogP contribution in [0.15, 0.2) is 18.2 Å². The third-order valence-electron chi connectivity index (χ3n) is 1.82. The zero-order chi connectivity index (χ0) is 11.6. The van der Waals surface area contributed by atoms with Crippen LogP contribution in [-0.2, 0) is 16.8 Å². The van der Waals surface area contributed by atoms with Crippen LogP contribution in [0.3, 0.4) is 0 Å². The fourth-order valence-electron chi connectivity index (χ4n) is 0.985. The minimum Gasteiger partial charge on any atom is -0.216 e. The second kappa shape index (κ2) is 4.67. The number of benzene rings is 1. The molecule has 0 radical (unpaired) electrons. The van der Waals surface area contributed by atoms with Gasteiger partial charge in [0.25, 0.3) is 10.2 Å². The fraction of sp³-hybridized carbons (Fsp3) is 0.250. The van der Waals surface area contributed by atoms with E-state index < -0.39 is 10.2 Å². The Hall–Kier alpha value is -0.330. The largest absolute Gasteiger partial charge is 0.276 e.